The summed E-state index contributed by atoms with van der Waals surface area (Å²) in [7, 11) is 0. The predicted molar refractivity (Wildman–Crippen MR) is 240 cm³/mol. The van der Waals surface area contributed by atoms with Crippen molar-refractivity contribution < 1.29 is 0 Å². The normalized spacial score (nSPS) is 12.3. The summed E-state index contributed by atoms with van der Waals surface area (Å²) in [5.41, 5.74) is 5.89. The zero-order chi connectivity index (χ0) is 36.5. The minimum absolute atomic E-state index is 0.828. The molecule has 0 aliphatic rings. The summed E-state index contributed by atoms with van der Waals surface area (Å²) in [4.78, 5) is 11.2. The summed E-state index contributed by atoms with van der Waals surface area (Å²) >= 11 is 1.88. The molecule has 0 saturated carbocycles. The smallest absolute Gasteiger partial charge is 0.165 e. The van der Waals surface area contributed by atoms with E-state index in [1.54, 1.807) is 0 Å². The lowest BCUT2D eigenvalue weighted by molar-refractivity contribution is 1.08. The van der Waals surface area contributed by atoms with Crippen LogP contribution >= 0.6 is 11.3 Å². The fourth-order valence-corrected chi connectivity index (χ4v) is 10.7. The van der Waals surface area contributed by atoms with Gasteiger partial charge in [0, 0.05) is 36.5 Å². The molecule has 56 heavy (non-hydrogen) atoms. The zero-order valence-electron chi connectivity index (χ0n) is 30.0. The van der Waals surface area contributed by atoms with Crippen molar-refractivity contribution in [1.82, 2.24) is 14.5 Å². The number of thiophene rings is 1. The van der Waals surface area contributed by atoms with Gasteiger partial charge in [-0.05, 0) is 84.2 Å². The highest BCUT2D eigenvalue weighted by atomic mass is 32.1. The quantitative estimate of drug-likeness (QED) is 0.131. The maximum Gasteiger partial charge on any atom is 0.165 e. The van der Waals surface area contributed by atoms with Crippen molar-refractivity contribution in [2.24, 2.45) is 0 Å². The minimum atomic E-state index is 0.828. The van der Waals surface area contributed by atoms with Gasteiger partial charge in [0.1, 0.15) is 5.69 Å². The number of fused-ring (bicyclic) bond motifs is 17. The van der Waals surface area contributed by atoms with Gasteiger partial charge in [0.25, 0.3) is 0 Å². The number of hydrogen-bond donors (Lipinski definition) is 0. The molecule has 10 aromatic carbocycles. The molecule has 0 unspecified atom stereocenters. The van der Waals surface area contributed by atoms with Gasteiger partial charge in [-0.1, -0.05) is 146 Å². The van der Waals surface area contributed by atoms with Crippen LogP contribution in [0.25, 0.3) is 124 Å². The van der Waals surface area contributed by atoms with E-state index in [4.69, 9.17) is 9.97 Å². The second-order valence-electron chi connectivity index (χ2n) is 14.9. The average Bonchev–Trinajstić information content (AvgIpc) is 3.80. The van der Waals surface area contributed by atoms with Gasteiger partial charge < -0.3 is 0 Å². The van der Waals surface area contributed by atoms with Gasteiger partial charge in [0.15, 0.2) is 5.82 Å². The molecule has 4 heteroatoms. The third-order valence-corrected chi connectivity index (χ3v) is 13.1. The van der Waals surface area contributed by atoms with Crippen LogP contribution in [0.5, 0.6) is 0 Å². The maximum atomic E-state index is 5.68. The number of nitrogens with zero attached hydrogens (tertiary/aromatic N) is 3. The Morgan fingerprint density at radius 1 is 0.375 bits per heavy atom. The van der Waals surface area contributed by atoms with E-state index in [0.717, 1.165) is 39.1 Å². The van der Waals surface area contributed by atoms with Crippen molar-refractivity contribution in [2.45, 2.75) is 0 Å². The van der Waals surface area contributed by atoms with Crippen molar-refractivity contribution >= 4 is 118 Å². The maximum absolute atomic E-state index is 5.68. The molecule has 3 aromatic heterocycles. The zero-order valence-corrected chi connectivity index (χ0v) is 30.8. The predicted octanol–water partition coefficient (Wildman–Crippen LogP) is 14.5. The molecule has 0 saturated heterocycles. The third kappa shape index (κ3) is 4.11. The standard InChI is InChI=1S/C52H29N3S/c1-2-14-32(15-3-1)50-52(54-45-28-41-38-21-11-9-19-36(38)35-18-8-10-20-37(35)40(41)27-44(45)53-50)55-46-25-23-30-12-4-6-16-33(30)49(46)43-26-42-39-24-22-31-13-5-7-17-34(31)51(39)56-48(42)29-47(43)55/h1-29H. The van der Waals surface area contributed by atoms with E-state index >= 15 is 0 Å². The monoisotopic (exact) mass is 727 g/mol. The molecule has 0 N–H and O–H groups in total. The Morgan fingerprint density at radius 3 is 1.66 bits per heavy atom. The third-order valence-electron chi connectivity index (χ3n) is 11.9. The van der Waals surface area contributed by atoms with Gasteiger partial charge in [0.05, 0.1) is 22.1 Å². The summed E-state index contributed by atoms with van der Waals surface area (Å²) in [5.74, 6) is 0.828. The van der Waals surface area contributed by atoms with E-state index in [2.05, 4.69) is 180 Å². The van der Waals surface area contributed by atoms with Crippen LogP contribution in [-0.4, -0.2) is 14.5 Å². The first-order valence-corrected chi connectivity index (χ1v) is 19.9. The molecule has 3 nitrogen and oxygen atoms in total. The van der Waals surface area contributed by atoms with Crippen LogP contribution in [0.3, 0.4) is 0 Å². The molecule has 0 bridgehead atoms. The Kier molecular flexibility index (Phi) is 6.04. The highest BCUT2D eigenvalue weighted by Crippen LogP contribution is 2.45. The molecule has 0 radical (unpaired) electrons. The van der Waals surface area contributed by atoms with Crippen LogP contribution in [0.15, 0.2) is 176 Å². The number of benzene rings is 10. The van der Waals surface area contributed by atoms with Gasteiger partial charge in [-0.2, -0.15) is 0 Å². The van der Waals surface area contributed by atoms with Crippen molar-refractivity contribution in [1.29, 1.82) is 0 Å². The van der Waals surface area contributed by atoms with Crippen molar-refractivity contribution in [2.75, 3.05) is 0 Å². The lowest BCUT2D eigenvalue weighted by Crippen LogP contribution is -2.04. The second-order valence-corrected chi connectivity index (χ2v) is 15.9. The topological polar surface area (TPSA) is 30.7 Å². The van der Waals surface area contributed by atoms with Crippen LogP contribution in [0.2, 0.25) is 0 Å². The first kappa shape index (κ1) is 30.2. The SMILES string of the molecule is c1ccc(-c2nc3cc4c5ccccc5c5ccccc5c4cc3nc2-n2c3cc4sc5c6ccccc6ccc5c4cc3c3c4ccccc4ccc32)cc1. The van der Waals surface area contributed by atoms with Crippen LogP contribution < -0.4 is 0 Å². The molecule has 0 aliphatic heterocycles. The van der Waals surface area contributed by atoms with Gasteiger partial charge in [-0.25, -0.2) is 9.97 Å². The summed E-state index contributed by atoms with van der Waals surface area (Å²) in [6.45, 7) is 0. The number of hydrogen-bond acceptors (Lipinski definition) is 3. The summed E-state index contributed by atoms with van der Waals surface area (Å²) < 4.78 is 4.97. The molecule has 258 valence electrons. The van der Waals surface area contributed by atoms with Crippen molar-refractivity contribution in [3.05, 3.63) is 176 Å². The van der Waals surface area contributed by atoms with E-state index in [1.807, 2.05) is 11.3 Å². The van der Waals surface area contributed by atoms with Gasteiger partial charge in [-0.3, -0.25) is 4.57 Å². The van der Waals surface area contributed by atoms with E-state index in [-0.39, 0.29) is 0 Å². The van der Waals surface area contributed by atoms with E-state index in [9.17, 15) is 0 Å². The molecule has 0 spiro atoms. The minimum Gasteiger partial charge on any atom is -0.292 e. The van der Waals surface area contributed by atoms with Gasteiger partial charge in [-0.15, -0.1) is 11.3 Å². The first-order chi connectivity index (χ1) is 27.8. The van der Waals surface area contributed by atoms with Crippen molar-refractivity contribution in [3.63, 3.8) is 0 Å². The van der Waals surface area contributed by atoms with E-state index < -0.39 is 0 Å². The molecule has 0 atom stereocenters. The Bertz CT molecular complexity index is 3820. The molecule has 0 amide bonds. The highest BCUT2D eigenvalue weighted by Gasteiger charge is 2.23. The largest absolute Gasteiger partial charge is 0.292 e. The lowest BCUT2D eigenvalue weighted by atomic mass is 9.94. The Labute approximate surface area is 324 Å². The molecular weight excluding hydrogens is 699 g/mol. The van der Waals surface area contributed by atoms with Gasteiger partial charge in [0.2, 0.25) is 0 Å². The highest BCUT2D eigenvalue weighted by molar-refractivity contribution is 7.26. The lowest BCUT2D eigenvalue weighted by Gasteiger charge is -2.15. The second kappa shape index (κ2) is 11.2. The van der Waals surface area contributed by atoms with Crippen LogP contribution in [0.4, 0.5) is 0 Å². The van der Waals surface area contributed by atoms with Crippen LogP contribution in [0.1, 0.15) is 0 Å². The van der Waals surface area contributed by atoms with Crippen molar-refractivity contribution in [3.8, 4) is 17.1 Å². The number of aromatic nitrogens is 3. The average molecular weight is 728 g/mol. The summed E-state index contributed by atoms with van der Waals surface area (Å²) in [6.07, 6.45) is 0. The Hall–Kier alpha value is -7.14. The van der Waals surface area contributed by atoms with Crippen LogP contribution in [-0.2, 0) is 0 Å². The molecular formula is C52H29N3S. The Balaban J connectivity index is 1.20. The molecule has 13 rings (SSSR count). The fourth-order valence-electron chi connectivity index (χ4n) is 9.40. The molecule has 0 fully saturated rings. The van der Waals surface area contributed by atoms with Gasteiger partial charge >= 0.3 is 0 Å². The molecule has 13 aromatic rings. The molecule has 0 aliphatic carbocycles. The summed E-state index contributed by atoms with van der Waals surface area (Å²) in [5, 5.41) is 17.4. The van der Waals surface area contributed by atoms with E-state index in [0.29, 0.717) is 0 Å². The first-order valence-electron chi connectivity index (χ1n) is 19.1. The Morgan fingerprint density at radius 2 is 0.946 bits per heavy atom. The van der Waals surface area contributed by atoms with Crippen LogP contribution in [0, 0.1) is 0 Å². The fraction of sp³-hybridized carbons (Fsp3) is 0. The van der Waals surface area contributed by atoms with E-state index in [1.165, 1.54) is 84.8 Å². The summed E-state index contributed by atoms with van der Waals surface area (Å²) in [6, 6.07) is 64.0. The number of rotatable bonds is 2. The molecule has 3 heterocycles.